The number of amides is 2. The summed E-state index contributed by atoms with van der Waals surface area (Å²) in [6, 6.07) is 7.47. The molecule has 1 fully saturated rings. The normalized spacial score (nSPS) is 24.5. The molecule has 0 saturated carbocycles. The van der Waals surface area contributed by atoms with Crippen LogP contribution in [0.3, 0.4) is 0 Å². The first kappa shape index (κ1) is 14.0. The van der Waals surface area contributed by atoms with E-state index in [4.69, 9.17) is 14.2 Å². The lowest BCUT2D eigenvalue weighted by atomic mass is 10.2. The lowest BCUT2D eigenvalue weighted by molar-refractivity contribution is -0.00409. The Morgan fingerprint density at radius 3 is 3.00 bits per heavy atom. The highest BCUT2D eigenvalue weighted by molar-refractivity contribution is 5.74. The average Bonchev–Trinajstić information content (AvgIpc) is 2.52. The molecule has 0 unspecified atom stereocenters. The number of nitrogens with zero attached hydrogens (tertiary/aromatic N) is 1. The molecule has 2 aliphatic rings. The van der Waals surface area contributed by atoms with Gasteiger partial charge in [0.2, 0.25) is 0 Å². The molecule has 0 aliphatic carbocycles. The van der Waals surface area contributed by atoms with Gasteiger partial charge in [0, 0.05) is 13.1 Å². The maximum Gasteiger partial charge on any atom is 0.317 e. The van der Waals surface area contributed by atoms with Crippen LogP contribution in [0.4, 0.5) is 4.79 Å². The number of hydrogen-bond donors (Lipinski definition) is 1. The molecular weight excluding hydrogens is 272 g/mol. The molecule has 6 heteroatoms. The fraction of sp³-hybridized carbons (Fsp3) is 0.533. The lowest BCUT2D eigenvalue weighted by Gasteiger charge is -2.32. The topological polar surface area (TPSA) is 60.0 Å². The number of hydrogen-bond acceptors (Lipinski definition) is 4. The molecule has 2 atom stereocenters. The van der Waals surface area contributed by atoms with E-state index in [2.05, 4.69) is 5.32 Å². The molecule has 2 amide bonds. The fourth-order valence-electron chi connectivity index (χ4n) is 2.48. The van der Waals surface area contributed by atoms with Gasteiger partial charge in [-0.05, 0) is 19.1 Å². The monoisotopic (exact) mass is 292 g/mol. The zero-order valence-corrected chi connectivity index (χ0v) is 12.1. The molecule has 114 valence electrons. The number of ether oxygens (including phenoxy) is 3. The van der Waals surface area contributed by atoms with Gasteiger partial charge in [-0.2, -0.15) is 0 Å². The number of para-hydroxylation sites is 2. The van der Waals surface area contributed by atoms with Gasteiger partial charge in [0.05, 0.1) is 19.3 Å². The van der Waals surface area contributed by atoms with E-state index in [-0.39, 0.29) is 18.2 Å². The molecule has 0 bridgehead atoms. The van der Waals surface area contributed by atoms with Crippen LogP contribution < -0.4 is 14.8 Å². The summed E-state index contributed by atoms with van der Waals surface area (Å²) in [6.45, 7) is 4.67. The predicted molar refractivity (Wildman–Crippen MR) is 76.7 cm³/mol. The smallest absolute Gasteiger partial charge is 0.317 e. The summed E-state index contributed by atoms with van der Waals surface area (Å²) in [5, 5.41) is 2.90. The molecule has 1 saturated heterocycles. The third-order valence-electron chi connectivity index (χ3n) is 3.58. The van der Waals surface area contributed by atoms with Crippen LogP contribution in [0.1, 0.15) is 6.92 Å². The third-order valence-corrected chi connectivity index (χ3v) is 3.58. The first-order chi connectivity index (χ1) is 10.2. The van der Waals surface area contributed by atoms with Gasteiger partial charge in [-0.3, -0.25) is 0 Å². The third kappa shape index (κ3) is 3.39. The van der Waals surface area contributed by atoms with Gasteiger partial charge >= 0.3 is 6.03 Å². The second-order valence-corrected chi connectivity index (χ2v) is 5.31. The van der Waals surface area contributed by atoms with E-state index in [9.17, 15) is 4.79 Å². The van der Waals surface area contributed by atoms with E-state index in [1.165, 1.54) is 0 Å². The molecular formula is C15H20N2O4. The molecule has 21 heavy (non-hydrogen) atoms. The number of nitrogens with one attached hydrogen (secondary N) is 1. The van der Waals surface area contributed by atoms with Crippen molar-refractivity contribution >= 4 is 6.03 Å². The van der Waals surface area contributed by atoms with Crippen LogP contribution in [0, 0.1) is 0 Å². The van der Waals surface area contributed by atoms with Crippen LogP contribution in [0.25, 0.3) is 0 Å². The molecule has 0 radical (unpaired) electrons. The average molecular weight is 292 g/mol. The van der Waals surface area contributed by atoms with Crippen LogP contribution in [-0.4, -0.2) is 56.0 Å². The van der Waals surface area contributed by atoms with E-state index in [0.717, 1.165) is 11.5 Å². The van der Waals surface area contributed by atoms with Crippen LogP contribution in [0.15, 0.2) is 24.3 Å². The van der Waals surface area contributed by atoms with Crippen molar-refractivity contribution in [2.75, 3.05) is 32.8 Å². The number of carbonyl (C=O) groups excluding carboxylic acids is 1. The van der Waals surface area contributed by atoms with Crippen molar-refractivity contribution in [2.45, 2.75) is 19.1 Å². The van der Waals surface area contributed by atoms with Gasteiger partial charge in [-0.1, -0.05) is 12.1 Å². The second kappa shape index (κ2) is 6.22. The Morgan fingerprint density at radius 2 is 2.19 bits per heavy atom. The van der Waals surface area contributed by atoms with Crippen molar-refractivity contribution in [2.24, 2.45) is 0 Å². The Kier molecular flexibility index (Phi) is 4.15. The number of morpholine rings is 1. The van der Waals surface area contributed by atoms with Crippen molar-refractivity contribution in [1.29, 1.82) is 0 Å². The van der Waals surface area contributed by atoms with Crippen LogP contribution in [-0.2, 0) is 4.74 Å². The van der Waals surface area contributed by atoms with Gasteiger partial charge in [-0.25, -0.2) is 4.79 Å². The summed E-state index contributed by atoms with van der Waals surface area (Å²) < 4.78 is 16.9. The summed E-state index contributed by atoms with van der Waals surface area (Å²) in [7, 11) is 0. The maximum absolute atomic E-state index is 12.1. The molecule has 2 heterocycles. The predicted octanol–water partition coefficient (Wildman–Crippen LogP) is 1.26. The van der Waals surface area contributed by atoms with E-state index in [1.54, 1.807) is 4.90 Å². The number of rotatable bonds is 2. The van der Waals surface area contributed by atoms with E-state index in [1.807, 2.05) is 31.2 Å². The van der Waals surface area contributed by atoms with Crippen LogP contribution >= 0.6 is 0 Å². The lowest BCUT2D eigenvalue weighted by Crippen LogP contribution is -2.51. The number of carbonyl (C=O) groups is 1. The van der Waals surface area contributed by atoms with Gasteiger partial charge in [0.1, 0.15) is 6.61 Å². The van der Waals surface area contributed by atoms with Crippen LogP contribution in [0.5, 0.6) is 11.5 Å². The zero-order chi connectivity index (χ0) is 14.7. The van der Waals surface area contributed by atoms with Crippen molar-refractivity contribution in [1.82, 2.24) is 10.2 Å². The minimum atomic E-state index is -0.165. The molecule has 6 nitrogen and oxygen atoms in total. The van der Waals surface area contributed by atoms with Gasteiger partial charge < -0.3 is 24.4 Å². The Balaban J connectivity index is 1.49. The summed E-state index contributed by atoms with van der Waals surface area (Å²) in [5.41, 5.74) is 0. The fourth-order valence-corrected chi connectivity index (χ4v) is 2.48. The van der Waals surface area contributed by atoms with Crippen molar-refractivity contribution in [3.63, 3.8) is 0 Å². The molecule has 0 aromatic heterocycles. The Hall–Kier alpha value is -1.95. The molecule has 1 aromatic carbocycles. The highest BCUT2D eigenvalue weighted by atomic mass is 16.6. The molecule has 2 aliphatic heterocycles. The largest absolute Gasteiger partial charge is 0.486 e. The summed E-state index contributed by atoms with van der Waals surface area (Å²) in [6.07, 6.45) is -0.0760. The number of fused-ring (bicyclic) bond motifs is 1. The highest BCUT2D eigenvalue weighted by Gasteiger charge is 2.24. The number of benzene rings is 1. The molecule has 1 N–H and O–H groups in total. The summed E-state index contributed by atoms with van der Waals surface area (Å²) in [4.78, 5) is 13.9. The van der Waals surface area contributed by atoms with E-state index in [0.29, 0.717) is 32.8 Å². The van der Waals surface area contributed by atoms with Crippen molar-refractivity contribution < 1.29 is 19.0 Å². The van der Waals surface area contributed by atoms with Crippen molar-refractivity contribution in [3.05, 3.63) is 24.3 Å². The Bertz CT molecular complexity index is 508. The Labute approximate surface area is 124 Å². The quantitative estimate of drug-likeness (QED) is 0.891. The first-order valence-corrected chi connectivity index (χ1v) is 7.25. The molecule has 1 aromatic rings. The highest BCUT2D eigenvalue weighted by Crippen LogP contribution is 2.30. The Morgan fingerprint density at radius 1 is 1.38 bits per heavy atom. The maximum atomic E-state index is 12.1. The van der Waals surface area contributed by atoms with E-state index >= 15 is 0 Å². The van der Waals surface area contributed by atoms with Crippen LogP contribution in [0.2, 0.25) is 0 Å². The van der Waals surface area contributed by atoms with Gasteiger partial charge in [0.15, 0.2) is 17.6 Å². The standard InChI is InChI=1S/C15H20N2O4/c1-11-9-17(6-7-19-11)15(18)16-8-12-10-20-13-4-2-3-5-14(13)21-12/h2-5,11-12H,6-10H2,1H3,(H,16,18)/t11-,12+/m0/s1. The summed E-state index contributed by atoms with van der Waals surface area (Å²) in [5.74, 6) is 1.48. The second-order valence-electron chi connectivity index (χ2n) is 5.31. The summed E-state index contributed by atoms with van der Waals surface area (Å²) >= 11 is 0. The minimum absolute atomic E-state index is 0.0763. The zero-order valence-electron chi connectivity index (χ0n) is 12.1. The van der Waals surface area contributed by atoms with E-state index < -0.39 is 0 Å². The number of urea groups is 1. The van der Waals surface area contributed by atoms with Crippen molar-refractivity contribution in [3.8, 4) is 11.5 Å². The minimum Gasteiger partial charge on any atom is -0.486 e. The first-order valence-electron chi connectivity index (χ1n) is 7.25. The SMILES string of the molecule is C[C@H]1CN(C(=O)NC[C@@H]2COc3ccccc3O2)CCO1. The molecule has 3 rings (SSSR count). The van der Waals surface area contributed by atoms with Gasteiger partial charge in [-0.15, -0.1) is 0 Å². The molecule has 0 spiro atoms. The van der Waals surface area contributed by atoms with Gasteiger partial charge in [0.25, 0.3) is 0 Å².